The summed E-state index contributed by atoms with van der Waals surface area (Å²) in [6.07, 6.45) is 0. The minimum absolute atomic E-state index is 0.223. The first kappa shape index (κ1) is 11.5. The van der Waals surface area contributed by atoms with Crippen molar-refractivity contribution < 1.29 is 9.84 Å². The number of phenolic OH excluding ortho intramolecular Hbond substituents is 1. The van der Waals surface area contributed by atoms with Crippen LogP contribution in [0.15, 0.2) is 24.3 Å². The molecular formula is C13H16N2O2. The van der Waals surface area contributed by atoms with Crippen molar-refractivity contribution >= 4 is 0 Å². The van der Waals surface area contributed by atoms with Gasteiger partial charge in [0.2, 0.25) is 0 Å². The van der Waals surface area contributed by atoms with Gasteiger partial charge >= 0.3 is 0 Å². The van der Waals surface area contributed by atoms with Gasteiger partial charge in [-0.1, -0.05) is 0 Å². The zero-order valence-electron chi connectivity index (χ0n) is 10.3. The molecule has 4 heteroatoms. The van der Waals surface area contributed by atoms with Gasteiger partial charge in [0.1, 0.15) is 18.1 Å². The van der Waals surface area contributed by atoms with Gasteiger partial charge in [-0.25, -0.2) is 0 Å². The van der Waals surface area contributed by atoms with Gasteiger partial charge in [0.25, 0.3) is 0 Å². The maximum absolute atomic E-state index is 9.45. The van der Waals surface area contributed by atoms with Crippen LogP contribution in [-0.4, -0.2) is 14.9 Å². The Hall–Kier alpha value is -1.97. The third-order valence-corrected chi connectivity index (χ3v) is 2.52. The Morgan fingerprint density at radius 3 is 2.59 bits per heavy atom. The van der Waals surface area contributed by atoms with E-state index in [-0.39, 0.29) is 5.75 Å². The number of phenols is 1. The standard InChI is InChI=1S/C13H16N2O2/c1-9-4-12(16)7-13(5-9)17-8-11-6-10(2)14-15(11)3/h4-7,16H,8H2,1-3H3. The van der Waals surface area contributed by atoms with Gasteiger partial charge in [-0.3, -0.25) is 4.68 Å². The first-order valence-corrected chi connectivity index (χ1v) is 5.47. The molecule has 0 aliphatic rings. The van der Waals surface area contributed by atoms with Gasteiger partial charge in [-0.2, -0.15) is 5.10 Å². The maximum atomic E-state index is 9.45. The van der Waals surface area contributed by atoms with Crippen molar-refractivity contribution in [3.05, 3.63) is 41.2 Å². The fourth-order valence-corrected chi connectivity index (χ4v) is 1.77. The van der Waals surface area contributed by atoms with Gasteiger partial charge < -0.3 is 9.84 Å². The minimum Gasteiger partial charge on any atom is -0.508 e. The van der Waals surface area contributed by atoms with Crippen LogP contribution >= 0.6 is 0 Å². The molecule has 0 aliphatic heterocycles. The van der Waals surface area contributed by atoms with Gasteiger partial charge in [0.15, 0.2) is 0 Å². The highest BCUT2D eigenvalue weighted by atomic mass is 16.5. The lowest BCUT2D eigenvalue weighted by Crippen LogP contribution is -2.03. The van der Waals surface area contributed by atoms with Crippen molar-refractivity contribution in [1.82, 2.24) is 9.78 Å². The molecule has 0 amide bonds. The van der Waals surface area contributed by atoms with Crippen molar-refractivity contribution in [1.29, 1.82) is 0 Å². The lowest BCUT2D eigenvalue weighted by atomic mass is 10.2. The molecule has 0 atom stereocenters. The molecule has 0 aliphatic carbocycles. The molecule has 0 saturated heterocycles. The second-order valence-electron chi connectivity index (χ2n) is 4.19. The second-order valence-corrected chi connectivity index (χ2v) is 4.19. The molecule has 4 nitrogen and oxygen atoms in total. The number of nitrogens with zero attached hydrogens (tertiary/aromatic N) is 2. The second kappa shape index (κ2) is 4.49. The van der Waals surface area contributed by atoms with Crippen LogP contribution in [0.2, 0.25) is 0 Å². The lowest BCUT2D eigenvalue weighted by molar-refractivity contribution is 0.293. The highest BCUT2D eigenvalue weighted by Gasteiger charge is 2.04. The van der Waals surface area contributed by atoms with Gasteiger partial charge in [-0.15, -0.1) is 0 Å². The largest absolute Gasteiger partial charge is 0.508 e. The number of aromatic nitrogens is 2. The molecule has 0 radical (unpaired) electrons. The molecule has 1 heterocycles. The number of hydrogen-bond acceptors (Lipinski definition) is 3. The summed E-state index contributed by atoms with van der Waals surface area (Å²) >= 11 is 0. The van der Waals surface area contributed by atoms with E-state index in [9.17, 15) is 5.11 Å². The number of aryl methyl sites for hydroxylation is 3. The van der Waals surface area contributed by atoms with Crippen LogP contribution in [0.3, 0.4) is 0 Å². The van der Waals surface area contributed by atoms with Gasteiger partial charge in [-0.05, 0) is 37.6 Å². The maximum Gasteiger partial charge on any atom is 0.130 e. The molecule has 17 heavy (non-hydrogen) atoms. The Labute approximate surface area is 100 Å². The van der Waals surface area contributed by atoms with Crippen molar-refractivity contribution in [2.75, 3.05) is 0 Å². The molecule has 0 unspecified atom stereocenters. The Morgan fingerprint density at radius 2 is 2.00 bits per heavy atom. The third kappa shape index (κ3) is 2.78. The summed E-state index contributed by atoms with van der Waals surface area (Å²) in [4.78, 5) is 0. The van der Waals surface area contributed by atoms with Crippen molar-refractivity contribution in [3.63, 3.8) is 0 Å². The van der Waals surface area contributed by atoms with Crippen molar-refractivity contribution in [2.45, 2.75) is 20.5 Å². The molecule has 90 valence electrons. The fraction of sp³-hybridized carbons (Fsp3) is 0.308. The highest BCUT2D eigenvalue weighted by Crippen LogP contribution is 2.22. The number of hydrogen-bond donors (Lipinski definition) is 1. The summed E-state index contributed by atoms with van der Waals surface area (Å²) in [6, 6.07) is 7.18. The van der Waals surface area contributed by atoms with E-state index >= 15 is 0 Å². The van der Waals surface area contributed by atoms with E-state index in [1.165, 1.54) is 0 Å². The van der Waals surface area contributed by atoms with Crippen LogP contribution in [0.5, 0.6) is 11.5 Å². The van der Waals surface area contributed by atoms with Crippen LogP contribution in [0.4, 0.5) is 0 Å². The molecule has 0 fully saturated rings. The molecule has 0 bridgehead atoms. The number of benzene rings is 1. The van der Waals surface area contributed by atoms with Crippen LogP contribution in [0, 0.1) is 13.8 Å². The first-order valence-electron chi connectivity index (χ1n) is 5.47. The van der Waals surface area contributed by atoms with Crippen LogP contribution in [0.1, 0.15) is 17.0 Å². The topological polar surface area (TPSA) is 47.3 Å². The highest BCUT2D eigenvalue weighted by molar-refractivity contribution is 5.36. The molecular weight excluding hydrogens is 216 g/mol. The molecule has 1 aromatic carbocycles. The fourth-order valence-electron chi connectivity index (χ4n) is 1.77. The quantitative estimate of drug-likeness (QED) is 0.883. The molecule has 1 aromatic heterocycles. The molecule has 2 aromatic rings. The summed E-state index contributed by atoms with van der Waals surface area (Å²) in [7, 11) is 1.89. The zero-order valence-corrected chi connectivity index (χ0v) is 10.3. The number of aromatic hydroxyl groups is 1. The third-order valence-electron chi connectivity index (χ3n) is 2.52. The summed E-state index contributed by atoms with van der Waals surface area (Å²) in [5.74, 6) is 0.891. The Bertz CT molecular complexity index is 512. The van der Waals surface area contributed by atoms with E-state index in [0.29, 0.717) is 12.4 Å². The average Bonchev–Trinajstić information content (AvgIpc) is 2.53. The zero-order chi connectivity index (χ0) is 12.4. The molecule has 2 rings (SSSR count). The normalized spacial score (nSPS) is 10.5. The predicted octanol–water partition coefficient (Wildman–Crippen LogP) is 2.32. The molecule has 0 spiro atoms. The number of rotatable bonds is 3. The smallest absolute Gasteiger partial charge is 0.130 e. The van der Waals surface area contributed by atoms with E-state index in [1.807, 2.05) is 33.0 Å². The number of ether oxygens (including phenoxy) is 1. The average molecular weight is 232 g/mol. The monoisotopic (exact) mass is 232 g/mol. The van der Waals surface area contributed by atoms with Crippen LogP contribution < -0.4 is 4.74 Å². The predicted molar refractivity (Wildman–Crippen MR) is 65.1 cm³/mol. The van der Waals surface area contributed by atoms with E-state index in [0.717, 1.165) is 17.0 Å². The summed E-state index contributed by atoms with van der Waals surface area (Å²) < 4.78 is 7.42. The molecule has 1 N–H and O–H groups in total. The Morgan fingerprint density at radius 1 is 1.24 bits per heavy atom. The molecule has 0 saturated carbocycles. The van der Waals surface area contributed by atoms with E-state index in [2.05, 4.69) is 5.10 Å². The van der Waals surface area contributed by atoms with Crippen molar-refractivity contribution in [3.8, 4) is 11.5 Å². The van der Waals surface area contributed by atoms with Gasteiger partial charge in [0.05, 0.1) is 11.4 Å². The lowest BCUT2D eigenvalue weighted by Gasteiger charge is -2.07. The van der Waals surface area contributed by atoms with Gasteiger partial charge in [0, 0.05) is 13.1 Å². The van der Waals surface area contributed by atoms with Crippen LogP contribution in [-0.2, 0) is 13.7 Å². The Kier molecular flexibility index (Phi) is 3.04. The van der Waals surface area contributed by atoms with E-state index in [1.54, 1.807) is 16.8 Å². The summed E-state index contributed by atoms with van der Waals surface area (Å²) in [6.45, 7) is 4.31. The summed E-state index contributed by atoms with van der Waals surface area (Å²) in [5, 5.41) is 13.7. The van der Waals surface area contributed by atoms with Crippen molar-refractivity contribution in [2.24, 2.45) is 7.05 Å². The van der Waals surface area contributed by atoms with Crippen LogP contribution in [0.25, 0.3) is 0 Å². The Balaban J connectivity index is 2.09. The summed E-state index contributed by atoms with van der Waals surface area (Å²) in [5.41, 5.74) is 2.95. The first-order chi connectivity index (χ1) is 8.04. The SMILES string of the molecule is Cc1cc(O)cc(OCc2cc(C)nn2C)c1. The van der Waals surface area contributed by atoms with E-state index < -0.39 is 0 Å². The minimum atomic E-state index is 0.223. The van der Waals surface area contributed by atoms with E-state index in [4.69, 9.17) is 4.74 Å².